The zero-order valence-electron chi connectivity index (χ0n) is 16.9. The van der Waals surface area contributed by atoms with E-state index >= 15 is 0 Å². The van der Waals surface area contributed by atoms with Crippen LogP contribution in [-0.2, 0) is 16.4 Å². The molecule has 0 radical (unpaired) electrons. The van der Waals surface area contributed by atoms with Crippen molar-refractivity contribution < 1.29 is 35.9 Å². The number of ether oxygens (including phenoxy) is 2. The summed E-state index contributed by atoms with van der Waals surface area (Å²) in [6.45, 7) is 2.16. The van der Waals surface area contributed by atoms with Gasteiger partial charge in [-0.2, -0.15) is 13.2 Å². The summed E-state index contributed by atoms with van der Waals surface area (Å²) in [5, 5.41) is 8.34. The van der Waals surface area contributed by atoms with Gasteiger partial charge in [-0.15, -0.1) is 0 Å². The minimum absolute atomic E-state index is 0.0253. The van der Waals surface area contributed by atoms with Gasteiger partial charge in [0.1, 0.15) is 23.0 Å². The predicted octanol–water partition coefficient (Wildman–Crippen LogP) is 2.69. The summed E-state index contributed by atoms with van der Waals surface area (Å²) in [4.78, 5) is 11.4. The fourth-order valence-electron chi connectivity index (χ4n) is 2.90. The first-order valence-corrected chi connectivity index (χ1v) is 10.7. The van der Waals surface area contributed by atoms with Gasteiger partial charge in [0.15, 0.2) is 0 Å². The van der Waals surface area contributed by atoms with Gasteiger partial charge < -0.3 is 14.8 Å². The second-order valence-electron chi connectivity index (χ2n) is 6.76. The maximum Gasteiger partial charge on any atom is 0.455 e. The third-order valence-electron chi connectivity index (χ3n) is 4.32. The van der Waals surface area contributed by atoms with Crippen molar-refractivity contribution >= 4 is 15.8 Å². The number of ketones is 1. The number of hydrogen-bond donors (Lipinski definition) is 2. The van der Waals surface area contributed by atoms with Crippen molar-refractivity contribution in [3.8, 4) is 11.5 Å². The van der Waals surface area contributed by atoms with Crippen LogP contribution in [0.15, 0.2) is 47.4 Å². The Hall–Kier alpha value is -2.63. The lowest BCUT2D eigenvalue weighted by Gasteiger charge is -2.16. The molecule has 0 aromatic heterocycles. The number of sulfonamides is 1. The van der Waals surface area contributed by atoms with Gasteiger partial charge in [-0.25, -0.2) is 13.6 Å². The molecule has 2 aromatic rings. The number of carbonyl (C=O) groups excluding carboxylic acids is 1. The summed E-state index contributed by atoms with van der Waals surface area (Å²) >= 11 is 0. The summed E-state index contributed by atoms with van der Waals surface area (Å²) in [6.07, 6.45) is -4.53. The van der Waals surface area contributed by atoms with E-state index in [0.717, 1.165) is 6.07 Å². The van der Waals surface area contributed by atoms with E-state index in [1.165, 1.54) is 37.4 Å². The Labute approximate surface area is 178 Å². The summed E-state index contributed by atoms with van der Waals surface area (Å²) in [6, 6.07) is 9.71. The van der Waals surface area contributed by atoms with E-state index in [9.17, 15) is 26.4 Å². The zero-order valence-corrected chi connectivity index (χ0v) is 17.7. The van der Waals surface area contributed by atoms with Gasteiger partial charge in [-0.05, 0) is 43.2 Å². The number of methoxy groups -OCH3 is 1. The van der Waals surface area contributed by atoms with Gasteiger partial charge in [0.2, 0.25) is 10.0 Å². The summed E-state index contributed by atoms with van der Waals surface area (Å²) in [5.74, 6) is -1.96. The number of primary sulfonamides is 1. The van der Waals surface area contributed by atoms with Crippen molar-refractivity contribution in [3.05, 3.63) is 53.6 Å². The van der Waals surface area contributed by atoms with E-state index < -0.39 is 27.5 Å². The first kappa shape index (κ1) is 24.6. The van der Waals surface area contributed by atoms with Crippen LogP contribution in [-0.4, -0.2) is 46.7 Å². The molecule has 2 aromatic carbocycles. The van der Waals surface area contributed by atoms with E-state index in [0.29, 0.717) is 12.0 Å². The topological polar surface area (TPSA) is 108 Å². The Morgan fingerprint density at radius 1 is 1.16 bits per heavy atom. The van der Waals surface area contributed by atoms with Crippen LogP contribution in [0.25, 0.3) is 0 Å². The Bertz CT molecular complexity index is 1030. The molecule has 3 N–H and O–H groups in total. The van der Waals surface area contributed by atoms with Gasteiger partial charge >= 0.3 is 6.18 Å². The molecule has 0 heterocycles. The third-order valence-corrected chi connectivity index (χ3v) is 5.25. The van der Waals surface area contributed by atoms with E-state index in [2.05, 4.69) is 5.32 Å². The smallest absolute Gasteiger partial charge is 0.455 e. The normalized spacial score (nSPS) is 13.0. The minimum Gasteiger partial charge on any atom is -0.495 e. The molecule has 0 aliphatic heterocycles. The number of carbonyl (C=O) groups is 1. The molecule has 0 bridgehead atoms. The van der Waals surface area contributed by atoms with Gasteiger partial charge in [0, 0.05) is 12.6 Å². The third kappa shape index (κ3) is 6.94. The van der Waals surface area contributed by atoms with Crippen LogP contribution in [0.2, 0.25) is 0 Å². The molecule has 31 heavy (non-hydrogen) atoms. The Kier molecular flexibility index (Phi) is 8.04. The van der Waals surface area contributed by atoms with Gasteiger partial charge in [0.05, 0.1) is 12.7 Å². The molecule has 0 aliphatic rings. The zero-order chi connectivity index (χ0) is 23.2. The number of rotatable bonds is 10. The lowest BCUT2D eigenvalue weighted by molar-refractivity contribution is -0.0886. The molecular formula is C20H23F3N2O5S. The monoisotopic (exact) mass is 460 g/mol. The fraction of sp³-hybridized carbons (Fsp3) is 0.350. The summed E-state index contributed by atoms with van der Waals surface area (Å²) < 4.78 is 71.9. The lowest BCUT2D eigenvalue weighted by atomic mass is 10.1. The van der Waals surface area contributed by atoms with Crippen LogP contribution in [0.3, 0.4) is 0 Å². The molecule has 0 aliphatic carbocycles. The molecule has 7 nitrogen and oxygen atoms in total. The highest BCUT2D eigenvalue weighted by atomic mass is 32.2. The van der Waals surface area contributed by atoms with Crippen LogP contribution in [0.4, 0.5) is 13.2 Å². The highest BCUT2D eigenvalue weighted by Gasteiger charge is 2.40. The quantitative estimate of drug-likeness (QED) is 0.417. The molecule has 1 unspecified atom stereocenters. The average molecular weight is 460 g/mol. The van der Waals surface area contributed by atoms with Crippen LogP contribution in [0.5, 0.6) is 11.5 Å². The minimum atomic E-state index is -4.99. The van der Waals surface area contributed by atoms with Crippen LogP contribution < -0.4 is 19.9 Å². The Morgan fingerprint density at radius 2 is 1.84 bits per heavy atom. The highest BCUT2D eigenvalue weighted by Crippen LogP contribution is 2.27. The highest BCUT2D eigenvalue weighted by molar-refractivity contribution is 7.89. The number of hydrogen-bond acceptors (Lipinski definition) is 6. The molecule has 0 fully saturated rings. The van der Waals surface area contributed by atoms with Crippen molar-refractivity contribution in [1.82, 2.24) is 5.32 Å². The molecular weight excluding hydrogens is 437 g/mol. The van der Waals surface area contributed by atoms with Gasteiger partial charge in [-0.3, -0.25) is 4.79 Å². The first-order valence-electron chi connectivity index (χ1n) is 9.20. The van der Waals surface area contributed by atoms with Crippen molar-refractivity contribution in [3.63, 3.8) is 0 Å². The molecule has 11 heteroatoms. The predicted molar refractivity (Wildman–Crippen MR) is 108 cm³/mol. The summed E-state index contributed by atoms with van der Waals surface area (Å²) in [7, 11) is -2.61. The summed E-state index contributed by atoms with van der Waals surface area (Å²) in [5.41, 5.74) is 0.156. The maximum atomic E-state index is 12.7. The molecule has 170 valence electrons. The standard InChI is InChI=1S/C20H23F3N2O5S/c1-13(11-14-7-8-17(29-2)18(12-14)31(24,27)28)25-9-10-30-16-6-4-3-5-15(16)19(26)20(21,22)23/h3-8,12-13,25H,9-11H2,1-2H3,(H2,24,27,28). The first-order chi connectivity index (χ1) is 14.4. The average Bonchev–Trinajstić information content (AvgIpc) is 2.69. The van der Waals surface area contributed by atoms with Crippen molar-refractivity contribution in [2.24, 2.45) is 5.14 Å². The molecule has 0 amide bonds. The number of halogens is 3. The molecule has 0 saturated heterocycles. The van der Waals surface area contributed by atoms with E-state index in [4.69, 9.17) is 14.6 Å². The van der Waals surface area contributed by atoms with Crippen molar-refractivity contribution in [2.45, 2.75) is 30.5 Å². The lowest BCUT2D eigenvalue weighted by Crippen LogP contribution is -2.32. The van der Waals surface area contributed by atoms with Crippen LogP contribution in [0, 0.1) is 0 Å². The molecule has 1 atom stereocenters. The number of nitrogens with two attached hydrogens (primary N) is 1. The molecule has 0 saturated carbocycles. The number of benzene rings is 2. The molecule has 0 spiro atoms. The second-order valence-corrected chi connectivity index (χ2v) is 8.29. The second kappa shape index (κ2) is 10.1. The number of Topliss-reactive ketones (excluding diaryl/α,β-unsaturated/α-hetero) is 1. The van der Waals surface area contributed by atoms with E-state index in [1.807, 2.05) is 6.92 Å². The Balaban J connectivity index is 1.93. The number of alkyl halides is 3. The largest absolute Gasteiger partial charge is 0.495 e. The fourth-order valence-corrected chi connectivity index (χ4v) is 3.64. The SMILES string of the molecule is COc1ccc(CC(C)NCCOc2ccccc2C(=O)C(F)(F)F)cc1S(N)(=O)=O. The maximum absolute atomic E-state index is 12.7. The van der Waals surface area contributed by atoms with Crippen LogP contribution in [0.1, 0.15) is 22.8 Å². The van der Waals surface area contributed by atoms with E-state index in [-0.39, 0.29) is 35.6 Å². The van der Waals surface area contributed by atoms with Gasteiger partial charge in [-0.1, -0.05) is 18.2 Å². The van der Waals surface area contributed by atoms with E-state index in [1.54, 1.807) is 6.07 Å². The van der Waals surface area contributed by atoms with Crippen LogP contribution >= 0.6 is 0 Å². The van der Waals surface area contributed by atoms with Gasteiger partial charge in [0.25, 0.3) is 5.78 Å². The number of para-hydroxylation sites is 1. The number of nitrogens with one attached hydrogen (secondary N) is 1. The van der Waals surface area contributed by atoms with Crippen molar-refractivity contribution in [1.29, 1.82) is 0 Å². The Morgan fingerprint density at radius 3 is 2.45 bits per heavy atom. The molecule has 2 rings (SSSR count). The van der Waals surface area contributed by atoms with Crippen molar-refractivity contribution in [2.75, 3.05) is 20.3 Å².